The summed E-state index contributed by atoms with van der Waals surface area (Å²) in [6.07, 6.45) is 5.35. The molecule has 2 heterocycles. The Hall–Kier alpha value is -1.36. The number of aromatic nitrogens is 2. The van der Waals surface area contributed by atoms with E-state index in [4.69, 9.17) is 11.6 Å². The fourth-order valence-electron chi connectivity index (χ4n) is 2.41. The zero-order valence-electron chi connectivity index (χ0n) is 12.0. The van der Waals surface area contributed by atoms with Crippen LogP contribution >= 0.6 is 11.6 Å². The highest BCUT2D eigenvalue weighted by atomic mass is 35.5. The molecule has 6 heteroatoms. The minimum absolute atomic E-state index is 0.0333. The molecule has 1 atom stereocenters. The maximum Gasteiger partial charge on any atom is 0.222 e. The summed E-state index contributed by atoms with van der Waals surface area (Å²) in [7, 11) is 0. The zero-order valence-corrected chi connectivity index (χ0v) is 12.7. The van der Waals surface area contributed by atoms with Crippen LogP contribution < -0.4 is 10.2 Å². The third-order valence-corrected chi connectivity index (χ3v) is 3.82. The molecule has 20 heavy (non-hydrogen) atoms. The first kappa shape index (κ1) is 15.0. The average molecular weight is 297 g/mol. The summed E-state index contributed by atoms with van der Waals surface area (Å²) >= 11 is 6.14. The normalized spacial score (nSPS) is 19.2. The molecular weight excluding hydrogens is 276 g/mol. The van der Waals surface area contributed by atoms with E-state index >= 15 is 0 Å². The van der Waals surface area contributed by atoms with Crippen molar-refractivity contribution in [2.75, 3.05) is 24.5 Å². The van der Waals surface area contributed by atoms with Gasteiger partial charge in [0.1, 0.15) is 11.3 Å². The predicted molar refractivity (Wildman–Crippen MR) is 79.8 cm³/mol. The second-order valence-electron chi connectivity index (χ2n) is 5.55. The Morgan fingerprint density at radius 1 is 1.60 bits per heavy atom. The lowest BCUT2D eigenvalue weighted by molar-refractivity contribution is -0.124. The molecule has 0 aliphatic carbocycles. The average Bonchev–Trinajstić information content (AvgIpc) is 2.45. The van der Waals surface area contributed by atoms with Gasteiger partial charge in [-0.3, -0.25) is 4.79 Å². The van der Waals surface area contributed by atoms with Crippen LogP contribution in [0.15, 0.2) is 12.5 Å². The van der Waals surface area contributed by atoms with Crippen LogP contribution in [0.1, 0.15) is 26.7 Å². The smallest absolute Gasteiger partial charge is 0.222 e. The number of amides is 1. The molecule has 0 radical (unpaired) electrons. The van der Waals surface area contributed by atoms with Crippen LogP contribution in [0.2, 0.25) is 5.02 Å². The molecule has 1 unspecified atom stereocenters. The molecule has 0 bridgehead atoms. The highest BCUT2D eigenvalue weighted by molar-refractivity contribution is 6.32. The standard InChI is InChI=1S/C14H21ClN4O/c1-10(2)14(20)17-6-11-4-3-5-19(8-11)13-12(15)7-16-9-18-13/h7,9-11H,3-6,8H2,1-2H3,(H,17,20). The molecule has 2 rings (SSSR count). The molecule has 5 nitrogen and oxygen atoms in total. The Labute approximate surface area is 124 Å². The Bertz CT molecular complexity index is 466. The first-order valence-corrected chi connectivity index (χ1v) is 7.44. The highest BCUT2D eigenvalue weighted by Gasteiger charge is 2.23. The van der Waals surface area contributed by atoms with Crippen molar-refractivity contribution in [3.63, 3.8) is 0 Å². The van der Waals surface area contributed by atoms with Gasteiger partial charge in [-0.05, 0) is 18.8 Å². The van der Waals surface area contributed by atoms with Crippen molar-refractivity contribution >= 4 is 23.3 Å². The molecule has 0 spiro atoms. The van der Waals surface area contributed by atoms with Crippen LogP contribution in [-0.4, -0.2) is 35.5 Å². The minimum Gasteiger partial charge on any atom is -0.356 e. The molecule has 1 aliphatic heterocycles. The van der Waals surface area contributed by atoms with Crippen LogP contribution in [0.5, 0.6) is 0 Å². The van der Waals surface area contributed by atoms with Crippen LogP contribution in [0.3, 0.4) is 0 Å². The number of hydrogen-bond donors (Lipinski definition) is 1. The number of carbonyl (C=O) groups excluding carboxylic acids is 1. The summed E-state index contributed by atoms with van der Waals surface area (Å²) in [5.41, 5.74) is 0. The van der Waals surface area contributed by atoms with Gasteiger partial charge >= 0.3 is 0 Å². The van der Waals surface area contributed by atoms with E-state index < -0.39 is 0 Å². The van der Waals surface area contributed by atoms with Crippen LogP contribution in [0, 0.1) is 11.8 Å². The van der Waals surface area contributed by atoms with E-state index in [0.717, 1.165) is 38.3 Å². The Morgan fingerprint density at radius 3 is 3.10 bits per heavy atom. The predicted octanol–water partition coefficient (Wildman–Crippen LogP) is 2.12. The minimum atomic E-state index is 0.0333. The number of rotatable bonds is 4. The van der Waals surface area contributed by atoms with Crippen molar-refractivity contribution in [2.24, 2.45) is 11.8 Å². The van der Waals surface area contributed by atoms with E-state index in [2.05, 4.69) is 20.2 Å². The van der Waals surface area contributed by atoms with Gasteiger partial charge in [0.05, 0.1) is 6.20 Å². The molecule has 110 valence electrons. The summed E-state index contributed by atoms with van der Waals surface area (Å²) in [5, 5.41) is 3.59. The first-order chi connectivity index (χ1) is 9.58. The number of piperidine rings is 1. The van der Waals surface area contributed by atoms with Gasteiger partial charge in [0.2, 0.25) is 5.91 Å². The SMILES string of the molecule is CC(C)C(=O)NCC1CCCN(c2ncncc2Cl)C1. The van der Waals surface area contributed by atoms with Gasteiger partial charge in [-0.2, -0.15) is 0 Å². The molecule has 1 aromatic heterocycles. The van der Waals surface area contributed by atoms with Crippen molar-refractivity contribution in [3.05, 3.63) is 17.5 Å². The third-order valence-electron chi connectivity index (χ3n) is 3.56. The summed E-state index contributed by atoms with van der Waals surface area (Å²) in [6, 6.07) is 0. The van der Waals surface area contributed by atoms with Crippen molar-refractivity contribution in [1.29, 1.82) is 0 Å². The van der Waals surface area contributed by atoms with Crippen molar-refractivity contribution < 1.29 is 4.79 Å². The van der Waals surface area contributed by atoms with Gasteiger partial charge in [0, 0.05) is 25.6 Å². The highest BCUT2D eigenvalue weighted by Crippen LogP contribution is 2.26. The number of halogens is 1. The van der Waals surface area contributed by atoms with Crippen LogP contribution in [-0.2, 0) is 4.79 Å². The van der Waals surface area contributed by atoms with Gasteiger partial charge in [-0.1, -0.05) is 25.4 Å². The number of anilines is 1. The monoisotopic (exact) mass is 296 g/mol. The summed E-state index contributed by atoms with van der Waals surface area (Å²) in [6.45, 7) is 6.35. The molecule has 1 aliphatic rings. The van der Waals surface area contributed by atoms with Crippen LogP contribution in [0.4, 0.5) is 5.82 Å². The van der Waals surface area contributed by atoms with E-state index in [0.29, 0.717) is 10.9 Å². The van der Waals surface area contributed by atoms with Crippen molar-refractivity contribution in [3.8, 4) is 0 Å². The Morgan fingerprint density at radius 2 is 2.40 bits per heavy atom. The fourth-order valence-corrected chi connectivity index (χ4v) is 2.64. The van der Waals surface area contributed by atoms with Gasteiger partial charge in [0.15, 0.2) is 5.82 Å². The van der Waals surface area contributed by atoms with Gasteiger partial charge in [-0.25, -0.2) is 9.97 Å². The second-order valence-corrected chi connectivity index (χ2v) is 5.96. The third kappa shape index (κ3) is 3.82. The number of hydrogen-bond acceptors (Lipinski definition) is 4. The van der Waals surface area contributed by atoms with Crippen LogP contribution in [0.25, 0.3) is 0 Å². The zero-order chi connectivity index (χ0) is 14.5. The number of nitrogens with zero attached hydrogens (tertiary/aromatic N) is 3. The lowest BCUT2D eigenvalue weighted by atomic mass is 9.97. The molecule has 1 saturated heterocycles. The summed E-state index contributed by atoms with van der Waals surface area (Å²) in [5.74, 6) is 1.38. The number of carbonyl (C=O) groups is 1. The number of nitrogens with one attached hydrogen (secondary N) is 1. The van der Waals surface area contributed by atoms with Crippen molar-refractivity contribution in [1.82, 2.24) is 15.3 Å². The maximum atomic E-state index is 11.6. The quantitative estimate of drug-likeness (QED) is 0.924. The van der Waals surface area contributed by atoms with E-state index in [1.54, 1.807) is 6.20 Å². The summed E-state index contributed by atoms with van der Waals surface area (Å²) in [4.78, 5) is 22.0. The largest absolute Gasteiger partial charge is 0.356 e. The topological polar surface area (TPSA) is 58.1 Å². The van der Waals surface area contributed by atoms with Crippen molar-refractivity contribution in [2.45, 2.75) is 26.7 Å². The molecule has 1 aromatic rings. The van der Waals surface area contributed by atoms with E-state index in [9.17, 15) is 4.79 Å². The summed E-state index contributed by atoms with van der Waals surface area (Å²) < 4.78 is 0. The Balaban J connectivity index is 1.92. The molecular formula is C14H21ClN4O. The molecule has 0 saturated carbocycles. The van der Waals surface area contributed by atoms with E-state index in [1.807, 2.05) is 13.8 Å². The lowest BCUT2D eigenvalue weighted by Crippen LogP contribution is -2.42. The molecule has 1 N–H and O–H groups in total. The molecule has 1 fully saturated rings. The van der Waals surface area contributed by atoms with Gasteiger partial charge < -0.3 is 10.2 Å². The van der Waals surface area contributed by atoms with E-state index in [1.165, 1.54) is 6.33 Å². The van der Waals surface area contributed by atoms with Gasteiger partial charge in [0.25, 0.3) is 0 Å². The molecule has 0 aromatic carbocycles. The maximum absolute atomic E-state index is 11.6. The van der Waals surface area contributed by atoms with Gasteiger partial charge in [-0.15, -0.1) is 0 Å². The Kier molecular flexibility index (Phi) is 5.17. The van der Waals surface area contributed by atoms with E-state index in [-0.39, 0.29) is 11.8 Å². The lowest BCUT2D eigenvalue weighted by Gasteiger charge is -2.34. The molecule has 1 amide bonds. The first-order valence-electron chi connectivity index (χ1n) is 7.06. The second kappa shape index (κ2) is 6.88. The fraction of sp³-hybridized carbons (Fsp3) is 0.643.